The minimum atomic E-state index is -0.00393. The fraction of sp³-hybridized carbons (Fsp3) is 0.0667. The summed E-state index contributed by atoms with van der Waals surface area (Å²) in [7, 11) is 0. The van der Waals surface area contributed by atoms with E-state index < -0.39 is 0 Å². The maximum Gasteiger partial charge on any atom is 0.237 e. The van der Waals surface area contributed by atoms with Crippen LogP contribution in [-0.2, 0) is 6.42 Å². The lowest BCUT2D eigenvalue weighted by Crippen LogP contribution is -2.25. The fourth-order valence-electron chi connectivity index (χ4n) is 2.10. The van der Waals surface area contributed by atoms with Gasteiger partial charge in [0, 0.05) is 35.3 Å². The number of thiocarbonyl (C=S) groups is 1. The number of hydrogen-bond acceptors (Lipinski definition) is 7. The Morgan fingerprint density at radius 3 is 2.57 bits per heavy atom. The Kier molecular flexibility index (Phi) is 4.45. The summed E-state index contributed by atoms with van der Waals surface area (Å²) in [6.45, 7) is 0. The van der Waals surface area contributed by atoms with Gasteiger partial charge in [-0.1, -0.05) is 46.1 Å². The number of phenols is 2. The van der Waals surface area contributed by atoms with Crippen LogP contribution in [-0.4, -0.2) is 30.0 Å². The Balaban J connectivity index is 1.92. The van der Waals surface area contributed by atoms with Crippen molar-refractivity contribution in [2.24, 2.45) is 0 Å². The molecular weight excluding hydrogens is 332 g/mol. The first-order valence-electron chi connectivity index (χ1n) is 6.69. The fourth-order valence-corrected chi connectivity index (χ4v) is 3.02. The summed E-state index contributed by atoms with van der Waals surface area (Å²) in [6.07, 6.45) is 0.315. The van der Waals surface area contributed by atoms with Crippen molar-refractivity contribution >= 4 is 39.6 Å². The van der Waals surface area contributed by atoms with Gasteiger partial charge in [0.2, 0.25) is 5.13 Å². The maximum atomic E-state index is 9.95. The summed E-state index contributed by atoms with van der Waals surface area (Å²) in [4.78, 5) is 2.31. The molecule has 0 aliphatic heterocycles. The zero-order valence-electron chi connectivity index (χ0n) is 11.8. The van der Waals surface area contributed by atoms with Gasteiger partial charge in [-0.3, -0.25) is 4.90 Å². The summed E-state index contributed by atoms with van der Waals surface area (Å²) >= 11 is 6.68. The summed E-state index contributed by atoms with van der Waals surface area (Å²) in [5.74, 6) is 0.00107. The monoisotopic (exact) mass is 344 g/mol. The SMILES string of the molecule is Oc1ccc(CC(=S)N(c2ccccc2)c2nnns2)c(O)c1. The minimum Gasteiger partial charge on any atom is -0.508 e. The average molecular weight is 344 g/mol. The Labute approximate surface area is 141 Å². The summed E-state index contributed by atoms with van der Waals surface area (Å²) in [5.41, 5.74) is 1.46. The molecule has 0 aliphatic rings. The van der Waals surface area contributed by atoms with Gasteiger partial charge in [0.15, 0.2) is 0 Å². The number of nitrogens with zero attached hydrogens (tertiary/aromatic N) is 4. The minimum absolute atomic E-state index is 0.00393. The van der Waals surface area contributed by atoms with Gasteiger partial charge in [-0.05, 0) is 23.4 Å². The van der Waals surface area contributed by atoms with Crippen LogP contribution >= 0.6 is 23.8 Å². The summed E-state index contributed by atoms with van der Waals surface area (Å²) in [6, 6.07) is 14.0. The van der Waals surface area contributed by atoms with Gasteiger partial charge in [-0.25, -0.2) is 0 Å². The van der Waals surface area contributed by atoms with Crippen molar-refractivity contribution in [3.63, 3.8) is 0 Å². The number of hydrogen-bond donors (Lipinski definition) is 2. The lowest BCUT2D eigenvalue weighted by molar-refractivity contribution is 0.447. The van der Waals surface area contributed by atoms with Crippen molar-refractivity contribution in [3.8, 4) is 11.5 Å². The van der Waals surface area contributed by atoms with E-state index in [9.17, 15) is 10.2 Å². The van der Waals surface area contributed by atoms with Crippen LogP contribution < -0.4 is 4.90 Å². The molecule has 2 N–H and O–H groups in total. The van der Waals surface area contributed by atoms with Crippen LogP contribution in [0.3, 0.4) is 0 Å². The van der Waals surface area contributed by atoms with E-state index >= 15 is 0 Å². The molecule has 3 aromatic rings. The third-order valence-electron chi connectivity index (χ3n) is 3.15. The van der Waals surface area contributed by atoms with Gasteiger partial charge < -0.3 is 10.2 Å². The van der Waals surface area contributed by atoms with Crippen molar-refractivity contribution in [2.75, 3.05) is 4.90 Å². The Bertz CT molecular complexity index is 810. The van der Waals surface area contributed by atoms with E-state index in [1.54, 1.807) is 11.0 Å². The van der Waals surface area contributed by atoms with Crippen molar-refractivity contribution < 1.29 is 10.2 Å². The summed E-state index contributed by atoms with van der Waals surface area (Å²) in [5, 5.41) is 27.5. The molecule has 0 unspecified atom stereocenters. The van der Waals surface area contributed by atoms with Crippen molar-refractivity contribution in [1.29, 1.82) is 0 Å². The molecule has 0 fully saturated rings. The zero-order chi connectivity index (χ0) is 16.2. The van der Waals surface area contributed by atoms with Crippen molar-refractivity contribution in [1.82, 2.24) is 14.8 Å². The van der Waals surface area contributed by atoms with E-state index in [-0.39, 0.29) is 11.5 Å². The number of para-hydroxylation sites is 1. The van der Waals surface area contributed by atoms with Gasteiger partial charge in [0.1, 0.15) is 11.5 Å². The number of rotatable bonds is 4. The van der Waals surface area contributed by atoms with Gasteiger partial charge in [-0.2, -0.15) is 0 Å². The topological polar surface area (TPSA) is 82.4 Å². The first-order valence-corrected chi connectivity index (χ1v) is 7.87. The third-order valence-corrected chi connectivity index (χ3v) is 4.06. The molecule has 0 saturated carbocycles. The van der Waals surface area contributed by atoms with Crippen LogP contribution in [0.4, 0.5) is 10.8 Å². The average Bonchev–Trinajstić information content (AvgIpc) is 3.05. The second kappa shape index (κ2) is 6.67. The number of aromatic nitrogens is 3. The molecule has 0 aliphatic carbocycles. The lowest BCUT2D eigenvalue weighted by Gasteiger charge is -2.22. The zero-order valence-corrected chi connectivity index (χ0v) is 13.5. The molecule has 3 rings (SSSR count). The van der Waals surface area contributed by atoms with Gasteiger partial charge in [0.05, 0.1) is 4.99 Å². The van der Waals surface area contributed by atoms with Gasteiger partial charge >= 0.3 is 0 Å². The van der Waals surface area contributed by atoms with Crippen LogP contribution in [0.2, 0.25) is 0 Å². The van der Waals surface area contributed by atoms with E-state index in [2.05, 4.69) is 14.8 Å². The van der Waals surface area contributed by atoms with E-state index in [0.717, 1.165) is 17.2 Å². The second-order valence-corrected chi connectivity index (χ2v) is 5.88. The van der Waals surface area contributed by atoms with Crippen molar-refractivity contribution in [3.05, 3.63) is 54.1 Å². The third kappa shape index (κ3) is 3.43. The molecule has 0 bridgehead atoms. The molecule has 1 aromatic heterocycles. The molecule has 0 atom stereocenters. The van der Waals surface area contributed by atoms with Gasteiger partial charge in [0.25, 0.3) is 0 Å². The molecule has 6 nitrogen and oxygen atoms in total. The highest BCUT2D eigenvalue weighted by Crippen LogP contribution is 2.29. The maximum absolute atomic E-state index is 9.95. The first-order chi connectivity index (χ1) is 11.1. The number of aromatic hydroxyl groups is 2. The Hall–Kier alpha value is -2.58. The molecular formula is C15H12N4O2S2. The number of anilines is 2. The predicted octanol–water partition coefficient (Wildman–Crippen LogP) is 3.05. The summed E-state index contributed by atoms with van der Waals surface area (Å²) < 4.78 is 3.78. The molecule has 0 spiro atoms. The van der Waals surface area contributed by atoms with Crippen LogP contribution in [0.1, 0.15) is 5.56 Å². The number of phenolic OH excluding ortho intramolecular Hbond substituents is 2. The molecule has 1 heterocycles. The molecule has 8 heteroatoms. The van der Waals surface area contributed by atoms with Crippen LogP contribution in [0, 0.1) is 0 Å². The molecule has 0 radical (unpaired) electrons. The first kappa shape index (κ1) is 15.3. The van der Waals surface area contributed by atoms with Crippen LogP contribution in [0.15, 0.2) is 48.5 Å². The molecule has 0 amide bonds. The second-order valence-electron chi connectivity index (χ2n) is 4.70. The largest absolute Gasteiger partial charge is 0.508 e. The van der Waals surface area contributed by atoms with E-state index in [1.807, 2.05) is 30.3 Å². The smallest absolute Gasteiger partial charge is 0.237 e. The Morgan fingerprint density at radius 1 is 1.13 bits per heavy atom. The van der Waals surface area contributed by atoms with Gasteiger partial charge in [-0.15, -0.1) is 0 Å². The molecule has 2 aromatic carbocycles. The standard InChI is InChI=1S/C15H12N4O2S2/c20-12-7-6-10(13(21)9-12)8-14(22)19(15-16-17-18-23-15)11-4-2-1-3-5-11/h1-7,9,20-21H,8H2. The lowest BCUT2D eigenvalue weighted by atomic mass is 10.1. The number of benzene rings is 2. The highest BCUT2D eigenvalue weighted by Gasteiger charge is 2.19. The van der Waals surface area contributed by atoms with E-state index in [4.69, 9.17) is 12.2 Å². The molecule has 0 saturated heterocycles. The predicted molar refractivity (Wildman–Crippen MR) is 92.4 cm³/mol. The van der Waals surface area contributed by atoms with E-state index in [1.165, 1.54) is 12.1 Å². The van der Waals surface area contributed by atoms with Crippen molar-refractivity contribution in [2.45, 2.75) is 6.42 Å². The van der Waals surface area contributed by atoms with Crippen LogP contribution in [0.25, 0.3) is 0 Å². The molecule has 23 heavy (non-hydrogen) atoms. The van der Waals surface area contributed by atoms with E-state index in [0.29, 0.717) is 22.1 Å². The Morgan fingerprint density at radius 2 is 1.91 bits per heavy atom. The normalized spacial score (nSPS) is 10.4. The highest BCUT2D eigenvalue weighted by molar-refractivity contribution is 7.80. The highest BCUT2D eigenvalue weighted by atomic mass is 32.1. The van der Waals surface area contributed by atoms with Crippen LogP contribution in [0.5, 0.6) is 11.5 Å². The molecule has 116 valence electrons. The quantitative estimate of drug-likeness (QED) is 0.704.